The van der Waals surface area contributed by atoms with Crippen LogP contribution < -0.4 is 4.90 Å². The van der Waals surface area contributed by atoms with Crippen molar-refractivity contribution in [3.8, 4) is 0 Å². The van der Waals surface area contributed by atoms with Crippen LogP contribution in [0.1, 0.15) is 37.8 Å². The van der Waals surface area contributed by atoms with Crippen molar-refractivity contribution in [3.63, 3.8) is 0 Å². The van der Waals surface area contributed by atoms with Gasteiger partial charge < -0.3 is 24.4 Å². The maximum Gasteiger partial charge on any atom is 0.313 e. The van der Waals surface area contributed by atoms with Crippen LogP contribution in [0.5, 0.6) is 0 Å². The van der Waals surface area contributed by atoms with Crippen LogP contribution in [0.25, 0.3) is 0 Å². The molecule has 192 valence electrons. The number of aliphatic hydroxyl groups excluding tert-OH is 1. The van der Waals surface area contributed by atoms with Gasteiger partial charge in [0.2, 0.25) is 5.91 Å². The zero-order valence-corrected chi connectivity index (χ0v) is 21.3. The Labute approximate surface area is 211 Å². The molecule has 1 unspecified atom stereocenters. The van der Waals surface area contributed by atoms with Crippen LogP contribution in [0.15, 0.2) is 42.5 Å². The fourth-order valence-corrected chi connectivity index (χ4v) is 6.67. The highest BCUT2D eigenvalue weighted by molar-refractivity contribution is 6.06. The molecular weight excluding hydrogens is 460 g/mol. The normalized spacial score (nSPS) is 34.5. The van der Waals surface area contributed by atoms with Crippen molar-refractivity contribution in [1.29, 1.82) is 0 Å². The third-order valence-electron chi connectivity index (χ3n) is 8.24. The molecule has 2 fully saturated rings. The van der Waals surface area contributed by atoms with Gasteiger partial charge in [-0.1, -0.05) is 49.4 Å². The largest absolute Gasteiger partial charge is 0.465 e. The molecular formula is C28H34N2O6. The van der Waals surface area contributed by atoms with Crippen LogP contribution in [-0.2, 0) is 23.9 Å². The number of nitrogens with zero attached hydrogens (tertiary/aromatic N) is 2. The number of hydrogen-bond acceptors (Lipinski definition) is 6. The minimum Gasteiger partial charge on any atom is -0.465 e. The predicted octanol–water partition coefficient (Wildman–Crippen LogP) is 2.45. The first-order valence-electron chi connectivity index (χ1n) is 12.7. The minimum atomic E-state index is -1.37. The number of aliphatic hydroxyl groups is 1. The highest BCUT2D eigenvalue weighted by Crippen LogP contribution is 2.57. The van der Waals surface area contributed by atoms with Crippen LogP contribution in [0.4, 0.5) is 5.69 Å². The van der Waals surface area contributed by atoms with E-state index in [0.717, 1.165) is 16.8 Å². The Bertz CT molecular complexity index is 1140. The maximum absolute atomic E-state index is 14.5. The number of carbonyl (C=O) groups excluding carboxylic acids is 3. The topological polar surface area (TPSA) is 96.4 Å². The number of cyclic esters (lactones) is 1. The van der Waals surface area contributed by atoms with Crippen molar-refractivity contribution in [1.82, 2.24) is 4.90 Å². The lowest BCUT2D eigenvalue weighted by Gasteiger charge is -2.40. The molecule has 8 heteroatoms. The molecule has 0 radical (unpaired) electrons. The summed E-state index contributed by atoms with van der Waals surface area (Å²) in [6, 6.07) is 4.24. The second-order valence-electron chi connectivity index (χ2n) is 10.4. The van der Waals surface area contributed by atoms with Gasteiger partial charge in [-0.25, -0.2) is 0 Å². The summed E-state index contributed by atoms with van der Waals surface area (Å²) in [5, 5.41) is 10.2. The van der Waals surface area contributed by atoms with Gasteiger partial charge in [-0.15, -0.1) is 0 Å². The summed E-state index contributed by atoms with van der Waals surface area (Å²) < 4.78 is 12.3. The van der Waals surface area contributed by atoms with E-state index in [0.29, 0.717) is 19.4 Å². The van der Waals surface area contributed by atoms with Crippen molar-refractivity contribution in [2.24, 2.45) is 11.8 Å². The van der Waals surface area contributed by atoms with Crippen LogP contribution in [0, 0.1) is 25.7 Å². The fourth-order valence-electron chi connectivity index (χ4n) is 6.67. The number of aryl methyl sites for hydroxylation is 2. The lowest BCUT2D eigenvalue weighted by molar-refractivity contribution is -0.160. The number of benzene rings is 1. The second kappa shape index (κ2) is 8.85. The summed E-state index contributed by atoms with van der Waals surface area (Å²) in [7, 11) is 0. The molecule has 4 aliphatic rings. The van der Waals surface area contributed by atoms with Crippen molar-refractivity contribution in [2.45, 2.75) is 63.8 Å². The van der Waals surface area contributed by atoms with E-state index in [9.17, 15) is 19.5 Å². The predicted molar refractivity (Wildman–Crippen MR) is 133 cm³/mol. The molecule has 2 amide bonds. The van der Waals surface area contributed by atoms with E-state index in [4.69, 9.17) is 9.47 Å². The Morgan fingerprint density at radius 3 is 2.47 bits per heavy atom. The van der Waals surface area contributed by atoms with Crippen molar-refractivity contribution in [2.75, 3.05) is 24.7 Å². The van der Waals surface area contributed by atoms with Gasteiger partial charge >= 0.3 is 5.97 Å². The number of para-hydroxylation sites is 1. The lowest BCUT2D eigenvalue weighted by atomic mass is 9.74. The summed E-state index contributed by atoms with van der Waals surface area (Å²) in [5.41, 5.74) is 0.214. The van der Waals surface area contributed by atoms with E-state index in [1.807, 2.05) is 63.3 Å². The van der Waals surface area contributed by atoms with Crippen molar-refractivity contribution < 1.29 is 29.0 Å². The molecule has 1 aromatic rings. The Morgan fingerprint density at radius 2 is 1.81 bits per heavy atom. The smallest absolute Gasteiger partial charge is 0.313 e. The summed E-state index contributed by atoms with van der Waals surface area (Å²) in [6.45, 7) is 7.81. The average Bonchev–Trinajstić information content (AvgIpc) is 3.15. The molecule has 1 N–H and O–H groups in total. The minimum absolute atomic E-state index is 0.228. The highest BCUT2D eigenvalue weighted by atomic mass is 16.6. The zero-order chi connectivity index (χ0) is 25.8. The van der Waals surface area contributed by atoms with Gasteiger partial charge in [-0.05, 0) is 44.7 Å². The summed E-state index contributed by atoms with van der Waals surface area (Å²) in [5.74, 6) is -2.99. The lowest BCUT2D eigenvalue weighted by Crippen LogP contribution is -2.59. The maximum atomic E-state index is 14.5. The molecule has 0 aliphatic carbocycles. The number of ether oxygens (including phenoxy) is 2. The Morgan fingerprint density at radius 1 is 1.08 bits per heavy atom. The number of carbonyl (C=O) groups is 3. The number of amides is 2. The van der Waals surface area contributed by atoms with Crippen molar-refractivity contribution in [3.05, 3.63) is 53.6 Å². The van der Waals surface area contributed by atoms with Crippen molar-refractivity contribution >= 4 is 23.5 Å². The van der Waals surface area contributed by atoms with E-state index < -0.39 is 41.1 Å². The summed E-state index contributed by atoms with van der Waals surface area (Å²) in [6.07, 6.45) is 8.43. The summed E-state index contributed by atoms with van der Waals surface area (Å²) >= 11 is 0. The van der Waals surface area contributed by atoms with Crippen LogP contribution >= 0.6 is 0 Å². The molecule has 0 saturated carbocycles. The molecule has 2 saturated heterocycles. The number of likely N-dealkylation sites (tertiary alicyclic amines) is 1. The van der Waals surface area contributed by atoms with E-state index in [-0.39, 0.29) is 25.0 Å². The van der Waals surface area contributed by atoms with E-state index in [1.165, 1.54) is 4.90 Å². The van der Waals surface area contributed by atoms with Crippen LogP contribution in [-0.4, -0.2) is 70.8 Å². The van der Waals surface area contributed by atoms with E-state index in [2.05, 4.69) is 0 Å². The number of esters is 1. The SMILES string of the molecule is CC[C@@H](CO)N1C(=O)[C@@H]2[C@@H]3C(=O)OCCC=C[C@]3(C)O[C@@]23C=CCN(c2c(C)cccc2C)C(=O)C13. The molecule has 0 aromatic heterocycles. The first kappa shape index (κ1) is 24.7. The number of fused-ring (bicyclic) bond motifs is 2. The first-order valence-corrected chi connectivity index (χ1v) is 12.7. The van der Waals surface area contributed by atoms with E-state index >= 15 is 0 Å². The van der Waals surface area contributed by atoms with Gasteiger partial charge in [0.05, 0.1) is 30.8 Å². The third kappa shape index (κ3) is 3.38. The quantitative estimate of drug-likeness (QED) is 0.510. The molecule has 6 atom stereocenters. The highest BCUT2D eigenvalue weighted by Gasteiger charge is 2.75. The number of rotatable bonds is 4. The molecule has 1 aromatic carbocycles. The van der Waals surface area contributed by atoms with Crippen LogP contribution in [0.2, 0.25) is 0 Å². The van der Waals surface area contributed by atoms with Gasteiger partial charge in [0.1, 0.15) is 17.6 Å². The molecule has 8 nitrogen and oxygen atoms in total. The van der Waals surface area contributed by atoms with Gasteiger partial charge in [-0.2, -0.15) is 0 Å². The van der Waals surface area contributed by atoms with Gasteiger partial charge in [0, 0.05) is 12.2 Å². The van der Waals surface area contributed by atoms with Crippen LogP contribution in [0.3, 0.4) is 0 Å². The Hall–Kier alpha value is -2.97. The van der Waals surface area contributed by atoms with E-state index in [1.54, 1.807) is 11.8 Å². The Kier molecular flexibility index (Phi) is 6.08. The zero-order valence-electron chi connectivity index (χ0n) is 21.3. The molecule has 1 spiro atoms. The number of hydrogen-bond donors (Lipinski definition) is 1. The average molecular weight is 495 g/mol. The third-order valence-corrected chi connectivity index (χ3v) is 8.24. The molecule has 36 heavy (non-hydrogen) atoms. The summed E-state index contributed by atoms with van der Waals surface area (Å²) in [4.78, 5) is 45.1. The molecule has 0 bridgehead atoms. The fraction of sp³-hybridized carbons (Fsp3) is 0.536. The standard InChI is InChI=1S/C28H34N2O6/c1-5-19(16-31)30-23-25(33)29(22-17(2)10-8-11-18(22)3)14-9-13-28(23)20(24(30)32)21-26(34)35-15-7-6-12-27(21,4)36-28/h6,8-13,19-21,23,31H,5,7,14-16H2,1-4H3/t19-,20-,21+,23?,27-,28-/m0/s1. The molecule has 5 rings (SSSR count). The Balaban J connectivity index is 1.71. The first-order chi connectivity index (χ1) is 17.2. The molecule has 4 aliphatic heterocycles. The second-order valence-corrected chi connectivity index (χ2v) is 10.4. The monoisotopic (exact) mass is 494 g/mol. The van der Waals surface area contributed by atoms with Gasteiger partial charge in [0.25, 0.3) is 5.91 Å². The van der Waals surface area contributed by atoms with Gasteiger partial charge in [0.15, 0.2) is 0 Å². The number of anilines is 1. The van der Waals surface area contributed by atoms with Gasteiger partial charge in [-0.3, -0.25) is 14.4 Å². The molecule has 4 heterocycles.